The van der Waals surface area contributed by atoms with Gasteiger partial charge in [-0.25, -0.2) is 0 Å². The molecule has 0 spiro atoms. The molecule has 2 aliphatic rings. The Morgan fingerprint density at radius 3 is 2.88 bits per heavy atom. The third-order valence-electron chi connectivity index (χ3n) is 3.42. The predicted octanol–water partition coefficient (Wildman–Crippen LogP) is 1.35. The molecule has 0 aromatic heterocycles. The molecule has 4 heteroatoms. The third-order valence-corrected chi connectivity index (χ3v) is 3.42. The molecular weight excluding hydrogens is 202 g/mol. The number of morpholine rings is 1. The molecule has 0 aromatic carbocycles. The maximum Gasteiger partial charge on any atom is 0.191 e. The Balaban J connectivity index is 2.07. The molecule has 0 bridgehead atoms. The van der Waals surface area contributed by atoms with Gasteiger partial charge in [-0.1, -0.05) is 12.8 Å². The molecule has 1 aliphatic carbocycles. The maximum absolute atomic E-state index is 6.08. The zero-order chi connectivity index (χ0) is 11.5. The SMILES string of the molecule is CC(C)N=C(N)N1CCOC2CCCCC21. The number of nitrogens with zero attached hydrogens (tertiary/aromatic N) is 2. The molecule has 0 radical (unpaired) electrons. The first-order valence-electron chi connectivity index (χ1n) is 6.40. The van der Waals surface area contributed by atoms with Gasteiger partial charge in [0, 0.05) is 12.6 Å². The van der Waals surface area contributed by atoms with Gasteiger partial charge < -0.3 is 15.4 Å². The van der Waals surface area contributed by atoms with Crippen molar-refractivity contribution in [2.24, 2.45) is 10.7 Å². The third kappa shape index (κ3) is 2.48. The molecule has 92 valence electrons. The summed E-state index contributed by atoms with van der Waals surface area (Å²) in [5, 5.41) is 0. The van der Waals surface area contributed by atoms with Crippen LogP contribution in [0.3, 0.4) is 0 Å². The first-order chi connectivity index (χ1) is 7.68. The maximum atomic E-state index is 6.08. The Labute approximate surface area is 97.9 Å². The van der Waals surface area contributed by atoms with Crippen molar-refractivity contribution in [1.82, 2.24) is 4.90 Å². The number of nitrogens with two attached hydrogens (primary N) is 1. The van der Waals surface area contributed by atoms with Crippen LogP contribution in [0.15, 0.2) is 4.99 Å². The fraction of sp³-hybridized carbons (Fsp3) is 0.917. The summed E-state index contributed by atoms with van der Waals surface area (Å²) in [5.74, 6) is 0.704. The van der Waals surface area contributed by atoms with Crippen LogP contribution in [0.2, 0.25) is 0 Å². The summed E-state index contributed by atoms with van der Waals surface area (Å²) in [4.78, 5) is 6.71. The van der Waals surface area contributed by atoms with Crippen LogP contribution in [0.1, 0.15) is 39.5 Å². The second kappa shape index (κ2) is 5.04. The molecule has 1 heterocycles. The number of ether oxygens (including phenoxy) is 1. The molecule has 4 nitrogen and oxygen atoms in total. The second-order valence-corrected chi connectivity index (χ2v) is 5.04. The lowest BCUT2D eigenvalue weighted by Crippen LogP contribution is -2.57. The van der Waals surface area contributed by atoms with Gasteiger partial charge in [0.25, 0.3) is 0 Å². The minimum Gasteiger partial charge on any atom is -0.374 e. The molecule has 0 amide bonds. The van der Waals surface area contributed by atoms with E-state index in [-0.39, 0.29) is 6.04 Å². The minimum atomic E-state index is 0.268. The van der Waals surface area contributed by atoms with E-state index in [2.05, 4.69) is 23.7 Å². The van der Waals surface area contributed by atoms with Crippen LogP contribution in [0.4, 0.5) is 0 Å². The van der Waals surface area contributed by atoms with Gasteiger partial charge in [-0.15, -0.1) is 0 Å². The molecule has 2 rings (SSSR count). The Hall–Kier alpha value is -0.770. The van der Waals surface area contributed by atoms with Crippen molar-refractivity contribution in [2.75, 3.05) is 13.2 Å². The summed E-state index contributed by atoms with van der Waals surface area (Å²) in [6, 6.07) is 0.731. The average molecular weight is 225 g/mol. The summed E-state index contributed by atoms with van der Waals surface area (Å²) in [5.41, 5.74) is 6.08. The first-order valence-corrected chi connectivity index (χ1v) is 6.40. The van der Waals surface area contributed by atoms with Crippen molar-refractivity contribution < 1.29 is 4.74 Å². The van der Waals surface area contributed by atoms with Gasteiger partial charge in [0.15, 0.2) is 5.96 Å². The fourth-order valence-electron chi connectivity index (χ4n) is 2.72. The summed E-state index contributed by atoms with van der Waals surface area (Å²) in [6.45, 7) is 5.80. The average Bonchev–Trinajstić information content (AvgIpc) is 2.27. The number of rotatable bonds is 1. The van der Waals surface area contributed by atoms with Gasteiger partial charge in [-0.05, 0) is 26.7 Å². The molecule has 1 saturated heterocycles. The normalized spacial score (nSPS) is 31.7. The van der Waals surface area contributed by atoms with E-state index in [4.69, 9.17) is 10.5 Å². The van der Waals surface area contributed by atoms with Crippen molar-refractivity contribution in [3.05, 3.63) is 0 Å². The molecule has 1 saturated carbocycles. The van der Waals surface area contributed by atoms with Crippen LogP contribution >= 0.6 is 0 Å². The predicted molar refractivity (Wildman–Crippen MR) is 65.5 cm³/mol. The van der Waals surface area contributed by atoms with Crippen molar-refractivity contribution in [3.8, 4) is 0 Å². The Kier molecular flexibility index (Phi) is 3.69. The van der Waals surface area contributed by atoms with Crippen LogP contribution < -0.4 is 5.73 Å². The number of hydrogen-bond donors (Lipinski definition) is 1. The molecule has 16 heavy (non-hydrogen) atoms. The van der Waals surface area contributed by atoms with Crippen LogP contribution in [-0.2, 0) is 4.74 Å². The van der Waals surface area contributed by atoms with E-state index >= 15 is 0 Å². The lowest BCUT2D eigenvalue weighted by atomic mass is 9.90. The van der Waals surface area contributed by atoms with Gasteiger partial charge in [0.1, 0.15) is 0 Å². The molecular formula is C12H23N3O. The number of aliphatic imine (C=N–C) groups is 1. The molecule has 2 N–H and O–H groups in total. The number of fused-ring (bicyclic) bond motifs is 1. The van der Waals surface area contributed by atoms with E-state index in [0.717, 1.165) is 13.2 Å². The molecule has 0 aromatic rings. The first kappa shape index (κ1) is 11.7. The van der Waals surface area contributed by atoms with Gasteiger partial charge in [-0.2, -0.15) is 0 Å². The van der Waals surface area contributed by atoms with E-state index in [1.54, 1.807) is 0 Å². The van der Waals surface area contributed by atoms with Crippen molar-refractivity contribution in [1.29, 1.82) is 0 Å². The van der Waals surface area contributed by atoms with E-state index in [1.165, 1.54) is 25.7 Å². The lowest BCUT2D eigenvalue weighted by molar-refractivity contribution is -0.0641. The van der Waals surface area contributed by atoms with Crippen LogP contribution in [0.5, 0.6) is 0 Å². The Morgan fingerprint density at radius 2 is 2.12 bits per heavy atom. The highest BCUT2D eigenvalue weighted by atomic mass is 16.5. The smallest absolute Gasteiger partial charge is 0.191 e. The molecule has 2 unspecified atom stereocenters. The molecule has 2 fully saturated rings. The second-order valence-electron chi connectivity index (χ2n) is 5.04. The topological polar surface area (TPSA) is 50.8 Å². The van der Waals surface area contributed by atoms with Gasteiger partial charge >= 0.3 is 0 Å². The van der Waals surface area contributed by atoms with E-state index < -0.39 is 0 Å². The van der Waals surface area contributed by atoms with Crippen molar-refractivity contribution in [3.63, 3.8) is 0 Å². The Bertz CT molecular complexity index is 263. The van der Waals surface area contributed by atoms with Gasteiger partial charge in [0.2, 0.25) is 0 Å². The van der Waals surface area contributed by atoms with Crippen molar-refractivity contribution >= 4 is 5.96 Å². The van der Waals surface area contributed by atoms with Crippen LogP contribution in [-0.4, -0.2) is 42.2 Å². The van der Waals surface area contributed by atoms with E-state index in [0.29, 0.717) is 18.1 Å². The largest absolute Gasteiger partial charge is 0.374 e. The molecule has 1 aliphatic heterocycles. The van der Waals surface area contributed by atoms with Crippen LogP contribution in [0.25, 0.3) is 0 Å². The Morgan fingerprint density at radius 1 is 1.38 bits per heavy atom. The summed E-state index contributed by atoms with van der Waals surface area (Å²) < 4.78 is 5.82. The molecule has 2 atom stereocenters. The highest BCUT2D eigenvalue weighted by Gasteiger charge is 2.35. The summed E-state index contributed by atoms with van der Waals surface area (Å²) in [7, 11) is 0. The highest BCUT2D eigenvalue weighted by Crippen LogP contribution is 2.28. The fourth-order valence-corrected chi connectivity index (χ4v) is 2.72. The minimum absolute atomic E-state index is 0.268. The number of hydrogen-bond acceptors (Lipinski definition) is 2. The van der Waals surface area contributed by atoms with Crippen molar-refractivity contribution in [2.45, 2.75) is 57.7 Å². The standard InChI is InChI=1S/C12H23N3O/c1-9(2)14-12(13)15-7-8-16-11-6-4-3-5-10(11)15/h9-11H,3-8H2,1-2H3,(H2,13,14). The summed E-state index contributed by atoms with van der Waals surface area (Å²) >= 11 is 0. The number of guanidine groups is 1. The quantitative estimate of drug-likeness (QED) is 0.541. The lowest BCUT2D eigenvalue weighted by Gasteiger charge is -2.44. The van der Waals surface area contributed by atoms with E-state index in [1.807, 2.05) is 0 Å². The van der Waals surface area contributed by atoms with Gasteiger partial charge in [0.05, 0.1) is 18.8 Å². The van der Waals surface area contributed by atoms with E-state index in [9.17, 15) is 0 Å². The zero-order valence-corrected chi connectivity index (χ0v) is 10.4. The van der Waals surface area contributed by atoms with Crippen LogP contribution in [0, 0.1) is 0 Å². The monoisotopic (exact) mass is 225 g/mol. The van der Waals surface area contributed by atoms with Gasteiger partial charge in [-0.3, -0.25) is 4.99 Å². The zero-order valence-electron chi connectivity index (χ0n) is 10.4. The highest BCUT2D eigenvalue weighted by molar-refractivity contribution is 5.78. The summed E-state index contributed by atoms with van der Waals surface area (Å²) in [6.07, 6.45) is 5.32.